The van der Waals surface area contributed by atoms with Crippen LogP contribution in [0.25, 0.3) is 11.3 Å². The van der Waals surface area contributed by atoms with Crippen LogP contribution in [0.15, 0.2) is 55.4 Å². The average molecular weight is 385 g/mol. The number of nitrogens with one attached hydrogen (secondary N) is 1. The smallest absolute Gasteiger partial charge is 0.408 e. The molecule has 5 nitrogen and oxygen atoms in total. The van der Waals surface area contributed by atoms with Crippen LogP contribution in [0, 0.1) is 5.82 Å². The molecule has 2 aromatic rings. The lowest BCUT2D eigenvalue weighted by Crippen LogP contribution is -2.35. The van der Waals surface area contributed by atoms with E-state index >= 15 is 0 Å². The second-order valence-electron chi connectivity index (χ2n) is 7.79. The number of imidazole rings is 1. The molecule has 0 aliphatic rings. The maximum Gasteiger partial charge on any atom is 0.408 e. The number of carbonyl (C=O) groups excluding carboxylic acids is 1. The summed E-state index contributed by atoms with van der Waals surface area (Å²) in [5.41, 5.74) is 2.56. The summed E-state index contributed by atoms with van der Waals surface area (Å²) >= 11 is 0. The van der Waals surface area contributed by atoms with Gasteiger partial charge in [0.15, 0.2) is 0 Å². The Bertz CT molecular complexity index is 848. The SMILES string of the molecule is C=CCC(NC(=O)OC(C)(C)C)c1c(-c2ccc(F)cc2)ncn1CC(=C)C. The molecule has 0 fully saturated rings. The van der Waals surface area contributed by atoms with Crippen LogP contribution in [0.2, 0.25) is 0 Å². The van der Waals surface area contributed by atoms with Crippen LogP contribution in [0.5, 0.6) is 0 Å². The zero-order valence-electron chi connectivity index (χ0n) is 17.0. The van der Waals surface area contributed by atoms with Crippen molar-refractivity contribution < 1.29 is 13.9 Å². The van der Waals surface area contributed by atoms with Crippen LogP contribution in [0.1, 0.15) is 45.9 Å². The topological polar surface area (TPSA) is 56.1 Å². The van der Waals surface area contributed by atoms with Gasteiger partial charge in [0.25, 0.3) is 0 Å². The van der Waals surface area contributed by atoms with Crippen molar-refractivity contribution in [3.63, 3.8) is 0 Å². The van der Waals surface area contributed by atoms with Gasteiger partial charge in [-0.2, -0.15) is 0 Å². The summed E-state index contributed by atoms with van der Waals surface area (Å²) < 4.78 is 20.7. The van der Waals surface area contributed by atoms with Gasteiger partial charge in [0.1, 0.15) is 11.4 Å². The van der Waals surface area contributed by atoms with Crippen molar-refractivity contribution in [2.45, 2.75) is 52.3 Å². The molecule has 1 atom stereocenters. The van der Waals surface area contributed by atoms with Crippen LogP contribution < -0.4 is 5.32 Å². The van der Waals surface area contributed by atoms with E-state index in [9.17, 15) is 9.18 Å². The summed E-state index contributed by atoms with van der Waals surface area (Å²) in [5.74, 6) is -0.318. The number of carbonyl (C=O) groups is 1. The predicted molar refractivity (Wildman–Crippen MR) is 109 cm³/mol. The molecule has 150 valence electrons. The summed E-state index contributed by atoms with van der Waals surface area (Å²) in [6.07, 6.45) is 3.40. The number of hydrogen-bond acceptors (Lipinski definition) is 3. The average Bonchev–Trinajstić information content (AvgIpc) is 2.96. The van der Waals surface area contributed by atoms with Crippen LogP contribution in [0.4, 0.5) is 9.18 Å². The van der Waals surface area contributed by atoms with Crippen molar-refractivity contribution in [3.8, 4) is 11.3 Å². The maximum absolute atomic E-state index is 13.4. The van der Waals surface area contributed by atoms with E-state index in [1.165, 1.54) is 12.1 Å². The Morgan fingerprint density at radius 3 is 2.54 bits per heavy atom. The number of allylic oxidation sites excluding steroid dienone is 1. The van der Waals surface area contributed by atoms with E-state index in [4.69, 9.17) is 4.74 Å². The van der Waals surface area contributed by atoms with Gasteiger partial charge in [-0.15, -0.1) is 6.58 Å². The Kier molecular flexibility index (Phi) is 6.78. The van der Waals surface area contributed by atoms with Crippen molar-refractivity contribution in [2.75, 3.05) is 0 Å². The normalized spacial score (nSPS) is 12.3. The number of halogens is 1. The molecule has 0 radical (unpaired) electrons. The Morgan fingerprint density at radius 2 is 2.00 bits per heavy atom. The molecule has 0 bridgehead atoms. The largest absolute Gasteiger partial charge is 0.444 e. The molecule has 0 aliphatic heterocycles. The number of amides is 1. The van der Waals surface area contributed by atoms with Crippen molar-refractivity contribution in [1.82, 2.24) is 14.9 Å². The fourth-order valence-corrected chi connectivity index (χ4v) is 2.86. The first kappa shape index (κ1) is 21.4. The number of rotatable bonds is 7. The third kappa shape index (κ3) is 5.81. The molecule has 28 heavy (non-hydrogen) atoms. The highest BCUT2D eigenvalue weighted by atomic mass is 19.1. The number of nitrogens with zero attached hydrogens (tertiary/aromatic N) is 2. The summed E-state index contributed by atoms with van der Waals surface area (Å²) in [5, 5.41) is 2.92. The molecule has 0 saturated heterocycles. The Labute approximate surface area is 165 Å². The highest BCUT2D eigenvalue weighted by Crippen LogP contribution is 2.30. The first-order chi connectivity index (χ1) is 13.1. The van der Waals surface area contributed by atoms with Crippen LogP contribution in [-0.2, 0) is 11.3 Å². The fourth-order valence-electron chi connectivity index (χ4n) is 2.86. The quantitative estimate of drug-likeness (QED) is 0.649. The molecule has 1 unspecified atom stereocenters. The Balaban J connectivity index is 2.48. The molecule has 1 aromatic heterocycles. The van der Waals surface area contributed by atoms with Gasteiger partial charge >= 0.3 is 6.09 Å². The van der Waals surface area contributed by atoms with Crippen LogP contribution >= 0.6 is 0 Å². The molecule has 0 aliphatic carbocycles. The van der Waals surface area contributed by atoms with Gasteiger partial charge in [-0.3, -0.25) is 0 Å². The second kappa shape index (κ2) is 8.87. The Morgan fingerprint density at radius 1 is 1.36 bits per heavy atom. The number of benzene rings is 1. The highest BCUT2D eigenvalue weighted by molar-refractivity contribution is 5.70. The van der Waals surface area contributed by atoms with Crippen molar-refractivity contribution in [1.29, 1.82) is 0 Å². The molecule has 2 rings (SSSR count). The van der Waals surface area contributed by atoms with Crippen molar-refractivity contribution in [3.05, 3.63) is 66.9 Å². The summed E-state index contributed by atoms with van der Waals surface area (Å²) in [4.78, 5) is 16.9. The predicted octanol–water partition coefficient (Wildman–Crippen LogP) is 5.41. The van der Waals surface area contributed by atoms with Gasteiger partial charge in [-0.25, -0.2) is 14.2 Å². The van der Waals surface area contributed by atoms with E-state index < -0.39 is 17.7 Å². The number of ether oxygens (including phenoxy) is 1. The van der Waals surface area contributed by atoms with Crippen LogP contribution in [-0.4, -0.2) is 21.2 Å². The third-order valence-electron chi connectivity index (χ3n) is 3.86. The van der Waals surface area contributed by atoms with E-state index in [2.05, 4.69) is 23.5 Å². The van der Waals surface area contributed by atoms with Gasteiger partial charge in [-0.05, 0) is 58.4 Å². The van der Waals surface area contributed by atoms with Gasteiger partial charge in [0, 0.05) is 12.1 Å². The first-order valence-corrected chi connectivity index (χ1v) is 9.16. The number of aromatic nitrogens is 2. The lowest BCUT2D eigenvalue weighted by atomic mass is 10.0. The lowest BCUT2D eigenvalue weighted by Gasteiger charge is -2.24. The molecule has 1 aromatic carbocycles. The summed E-state index contributed by atoms with van der Waals surface area (Å²) in [7, 11) is 0. The maximum atomic E-state index is 13.4. The third-order valence-corrected chi connectivity index (χ3v) is 3.86. The minimum atomic E-state index is -0.611. The van der Waals surface area contributed by atoms with E-state index in [0.29, 0.717) is 18.7 Å². The van der Waals surface area contributed by atoms with Crippen LogP contribution in [0.3, 0.4) is 0 Å². The van der Waals surface area contributed by atoms with Gasteiger partial charge < -0.3 is 14.6 Å². The second-order valence-corrected chi connectivity index (χ2v) is 7.79. The van der Waals surface area contributed by atoms with E-state index in [-0.39, 0.29) is 5.82 Å². The highest BCUT2D eigenvalue weighted by Gasteiger charge is 2.25. The zero-order valence-corrected chi connectivity index (χ0v) is 17.0. The molecule has 1 N–H and O–H groups in total. The Hall–Kier alpha value is -2.89. The van der Waals surface area contributed by atoms with E-state index in [1.807, 2.05) is 32.3 Å². The standard InChI is InChI=1S/C22H28FN3O2/c1-7-8-18(25-21(27)28-22(4,5)6)20-19(16-9-11-17(23)12-10-16)24-14-26(20)13-15(2)3/h7,9-12,14,18H,1-2,8,13H2,3-6H3,(H,25,27). The van der Waals surface area contributed by atoms with Crippen molar-refractivity contribution in [2.24, 2.45) is 0 Å². The molecule has 0 spiro atoms. The van der Waals surface area contributed by atoms with Gasteiger partial charge in [0.05, 0.1) is 23.8 Å². The van der Waals surface area contributed by atoms with Gasteiger partial charge in [-0.1, -0.05) is 18.2 Å². The number of hydrogen-bond donors (Lipinski definition) is 1. The molecule has 1 heterocycles. The molecule has 0 saturated carbocycles. The molecular weight excluding hydrogens is 357 g/mol. The summed E-state index contributed by atoms with van der Waals surface area (Å²) in [6, 6.07) is 5.71. The zero-order chi connectivity index (χ0) is 20.9. The molecule has 1 amide bonds. The minimum Gasteiger partial charge on any atom is -0.444 e. The molecular formula is C22H28FN3O2. The first-order valence-electron chi connectivity index (χ1n) is 9.16. The minimum absolute atomic E-state index is 0.318. The lowest BCUT2D eigenvalue weighted by molar-refractivity contribution is 0.0502. The van der Waals surface area contributed by atoms with Crippen molar-refractivity contribution >= 4 is 6.09 Å². The number of alkyl carbamates (subject to hydrolysis) is 1. The molecule has 6 heteroatoms. The van der Waals surface area contributed by atoms with E-state index in [1.54, 1.807) is 24.5 Å². The van der Waals surface area contributed by atoms with E-state index in [0.717, 1.165) is 16.8 Å². The summed E-state index contributed by atoms with van der Waals surface area (Å²) in [6.45, 7) is 15.7. The fraction of sp³-hybridized carbons (Fsp3) is 0.364. The monoisotopic (exact) mass is 385 g/mol. The van der Waals surface area contributed by atoms with Gasteiger partial charge in [0.2, 0.25) is 0 Å².